The monoisotopic (exact) mass is 212 g/mol. The molecule has 76 valence electrons. The molecule has 2 N–H and O–H groups in total. The van der Waals surface area contributed by atoms with E-state index in [9.17, 15) is 4.79 Å². The van der Waals surface area contributed by atoms with Crippen LogP contribution in [0, 0.1) is 0 Å². The van der Waals surface area contributed by atoms with Crippen molar-refractivity contribution in [3.63, 3.8) is 0 Å². The van der Waals surface area contributed by atoms with Gasteiger partial charge in [0.1, 0.15) is 5.01 Å². The highest BCUT2D eigenvalue weighted by Gasteiger charge is 2.19. The first-order valence-corrected chi connectivity index (χ1v) is 5.57. The fourth-order valence-electron chi connectivity index (χ4n) is 1.61. The van der Waals surface area contributed by atoms with Crippen LogP contribution in [-0.2, 0) is 0 Å². The minimum atomic E-state index is -0.941. The highest BCUT2D eigenvalue weighted by molar-refractivity contribution is 7.09. The molecule has 4 nitrogen and oxygen atoms in total. The summed E-state index contributed by atoms with van der Waals surface area (Å²) in [5, 5.41) is 14.6. The number of carbonyl (C=O) groups is 1. The lowest BCUT2D eigenvalue weighted by Gasteiger charge is -2.20. The Hall–Kier alpha value is -0.940. The zero-order valence-corrected chi connectivity index (χ0v) is 8.51. The molecule has 0 aromatic carbocycles. The molecule has 2 rings (SSSR count). The predicted molar refractivity (Wildman–Crippen MR) is 53.7 cm³/mol. The van der Waals surface area contributed by atoms with Gasteiger partial charge in [-0.2, -0.15) is 0 Å². The van der Waals surface area contributed by atoms with Crippen molar-refractivity contribution in [3.05, 3.63) is 16.1 Å². The zero-order chi connectivity index (χ0) is 9.97. The van der Waals surface area contributed by atoms with E-state index in [1.165, 1.54) is 24.2 Å². The summed E-state index contributed by atoms with van der Waals surface area (Å²) in [4.78, 5) is 14.7. The Morgan fingerprint density at radius 2 is 2.50 bits per heavy atom. The molecule has 1 fully saturated rings. The van der Waals surface area contributed by atoms with Crippen molar-refractivity contribution in [2.24, 2.45) is 0 Å². The van der Waals surface area contributed by atoms with Crippen LogP contribution in [0.5, 0.6) is 0 Å². The molecule has 1 aliphatic rings. The van der Waals surface area contributed by atoms with Gasteiger partial charge in [0.2, 0.25) is 0 Å². The summed E-state index contributed by atoms with van der Waals surface area (Å²) in [7, 11) is 0. The normalized spacial score (nSPS) is 22.1. The predicted octanol–water partition coefficient (Wildman–Crippen LogP) is 1.66. The Labute approximate surface area is 86.0 Å². The van der Waals surface area contributed by atoms with E-state index >= 15 is 0 Å². The molecule has 0 radical (unpaired) electrons. The molecular formula is C9H12N2O2S. The third kappa shape index (κ3) is 1.93. The number of hydrogen-bond donors (Lipinski definition) is 2. The molecule has 0 bridgehead atoms. The van der Waals surface area contributed by atoms with E-state index in [0.717, 1.165) is 18.0 Å². The van der Waals surface area contributed by atoms with Gasteiger partial charge in [-0.25, -0.2) is 9.78 Å². The number of carboxylic acid groups (broad SMARTS) is 1. The van der Waals surface area contributed by atoms with Crippen molar-refractivity contribution in [1.29, 1.82) is 0 Å². The van der Waals surface area contributed by atoms with E-state index in [4.69, 9.17) is 5.11 Å². The molecule has 5 heteroatoms. The number of carboxylic acids is 1. The second-order valence-corrected chi connectivity index (χ2v) is 4.27. The summed E-state index contributed by atoms with van der Waals surface area (Å²) in [5.74, 6) is -0.941. The lowest BCUT2D eigenvalue weighted by Crippen LogP contribution is -2.26. The number of hydrogen-bond acceptors (Lipinski definition) is 4. The number of piperidine rings is 1. The first-order chi connectivity index (χ1) is 6.77. The Morgan fingerprint density at radius 3 is 3.07 bits per heavy atom. The van der Waals surface area contributed by atoms with Gasteiger partial charge in [-0.05, 0) is 19.4 Å². The van der Waals surface area contributed by atoms with Crippen LogP contribution in [0.25, 0.3) is 0 Å². The largest absolute Gasteiger partial charge is 0.476 e. The quantitative estimate of drug-likeness (QED) is 0.782. The Morgan fingerprint density at radius 1 is 1.64 bits per heavy atom. The molecule has 1 atom stereocenters. The van der Waals surface area contributed by atoms with E-state index in [0.29, 0.717) is 0 Å². The lowest BCUT2D eigenvalue weighted by molar-refractivity contribution is 0.0691. The van der Waals surface area contributed by atoms with E-state index in [1.54, 1.807) is 5.38 Å². The van der Waals surface area contributed by atoms with Crippen LogP contribution in [0.1, 0.15) is 40.8 Å². The van der Waals surface area contributed by atoms with Crippen molar-refractivity contribution >= 4 is 17.3 Å². The lowest BCUT2D eigenvalue weighted by atomic mass is 10.1. The van der Waals surface area contributed by atoms with Crippen LogP contribution in [0.4, 0.5) is 0 Å². The summed E-state index contributed by atoms with van der Waals surface area (Å²) in [6.45, 7) is 1.01. The number of aromatic nitrogens is 1. The maximum absolute atomic E-state index is 10.6. The zero-order valence-electron chi connectivity index (χ0n) is 7.69. The topological polar surface area (TPSA) is 62.2 Å². The van der Waals surface area contributed by atoms with Crippen LogP contribution in [0.3, 0.4) is 0 Å². The molecule has 1 aromatic heterocycles. The van der Waals surface area contributed by atoms with Crippen molar-refractivity contribution < 1.29 is 9.90 Å². The standard InChI is InChI=1S/C9H12N2O2S/c12-9(13)7-5-14-8(11-7)6-3-1-2-4-10-6/h5-6,10H,1-4H2,(H,12,13). The Kier molecular flexibility index (Phi) is 2.79. The molecular weight excluding hydrogens is 200 g/mol. The summed E-state index contributed by atoms with van der Waals surface area (Å²) < 4.78 is 0. The minimum absolute atomic E-state index is 0.164. The van der Waals surface area contributed by atoms with Gasteiger partial charge in [0.05, 0.1) is 6.04 Å². The van der Waals surface area contributed by atoms with E-state index in [-0.39, 0.29) is 11.7 Å². The fourth-order valence-corrected chi connectivity index (χ4v) is 2.51. The van der Waals surface area contributed by atoms with Crippen LogP contribution in [-0.4, -0.2) is 22.6 Å². The molecule has 0 aliphatic carbocycles. The van der Waals surface area contributed by atoms with Crippen LogP contribution >= 0.6 is 11.3 Å². The number of aromatic carboxylic acids is 1. The summed E-state index contributed by atoms with van der Waals surface area (Å²) in [6.07, 6.45) is 3.46. The van der Waals surface area contributed by atoms with Crippen molar-refractivity contribution in [1.82, 2.24) is 10.3 Å². The maximum atomic E-state index is 10.6. The third-order valence-electron chi connectivity index (χ3n) is 2.35. The molecule has 0 spiro atoms. The molecule has 1 aliphatic heterocycles. The number of nitrogens with zero attached hydrogens (tertiary/aromatic N) is 1. The van der Waals surface area contributed by atoms with Gasteiger partial charge in [-0.15, -0.1) is 11.3 Å². The highest BCUT2D eigenvalue weighted by Crippen LogP contribution is 2.25. The molecule has 1 aromatic rings. The summed E-state index contributed by atoms with van der Waals surface area (Å²) >= 11 is 1.43. The van der Waals surface area contributed by atoms with Crippen molar-refractivity contribution in [2.45, 2.75) is 25.3 Å². The van der Waals surface area contributed by atoms with Crippen molar-refractivity contribution in [2.75, 3.05) is 6.54 Å². The molecule has 0 saturated carbocycles. The smallest absolute Gasteiger partial charge is 0.355 e. The molecule has 14 heavy (non-hydrogen) atoms. The van der Waals surface area contributed by atoms with E-state index in [1.807, 2.05) is 0 Å². The van der Waals surface area contributed by atoms with E-state index in [2.05, 4.69) is 10.3 Å². The van der Waals surface area contributed by atoms with Gasteiger partial charge in [0.15, 0.2) is 5.69 Å². The number of rotatable bonds is 2. The number of nitrogens with one attached hydrogen (secondary N) is 1. The van der Waals surface area contributed by atoms with Crippen LogP contribution in [0.2, 0.25) is 0 Å². The number of thiazole rings is 1. The summed E-state index contributed by atoms with van der Waals surface area (Å²) in [5.41, 5.74) is 0.164. The third-order valence-corrected chi connectivity index (χ3v) is 3.31. The SMILES string of the molecule is O=C(O)c1csc(C2CCCCN2)n1. The van der Waals surface area contributed by atoms with E-state index < -0.39 is 5.97 Å². The van der Waals surface area contributed by atoms with Gasteiger partial charge in [0, 0.05) is 5.38 Å². The Balaban J connectivity index is 2.11. The fraction of sp³-hybridized carbons (Fsp3) is 0.556. The van der Waals surface area contributed by atoms with Gasteiger partial charge in [-0.3, -0.25) is 0 Å². The molecule has 1 saturated heterocycles. The van der Waals surface area contributed by atoms with Gasteiger partial charge in [0.25, 0.3) is 0 Å². The second kappa shape index (κ2) is 4.06. The highest BCUT2D eigenvalue weighted by atomic mass is 32.1. The van der Waals surface area contributed by atoms with Gasteiger partial charge in [-0.1, -0.05) is 6.42 Å². The molecule has 1 unspecified atom stereocenters. The second-order valence-electron chi connectivity index (χ2n) is 3.38. The van der Waals surface area contributed by atoms with Crippen molar-refractivity contribution in [3.8, 4) is 0 Å². The van der Waals surface area contributed by atoms with Crippen LogP contribution in [0.15, 0.2) is 5.38 Å². The molecule has 2 heterocycles. The maximum Gasteiger partial charge on any atom is 0.355 e. The average molecular weight is 212 g/mol. The first-order valence-electron chi connectivity index (χ1n) is 4.69. The minimum Gasteiger partial charge on any atom is -0.476 e. The molecule has 0 amide bonds. The first kappa shape index (κ1) is 9.61. The average Bonchev–Trinajstić information content (AvgIpc) is 2.68. The summed E-state index contributed by atoms with van der Waals surface area (Å²) in [6, 6.07) is 0.266. The van der Waals surface area contributed by atoms with Crippen LogP contribution < -0.4 is 5.32 Å². The van der Waals surface area contributed by atoms with Gasteiger partial charge >= 0.3 is 5.97 Å². The Bertz CT molecular complexity index is 331. The van der Waals surface area contributed by atoms with Gasteiger partial charge < -0.3 is 10.4 Å².